The molecular weight excluding hydrogens is 564 g/mol. The molecule has 12 nitrogen and oxygen atoms in total. The maximum Gasteiger partial charge on any atom is 0.302 e. The Morgan fingerprint density at radius 1 is 0.977 bits per heavy atom. The molecule has 1 aromatic rings. The Labute approximate surface area is 263 Å². The summed E-state index contributed by atoms with van der Waals surface area (Å²) < 4.78 is 11.1. The lowest BCUT2D eigenvalue weighted by molar-refractivity contribution is -0.142. The van der Waals surface area contributed by atoms with E-state index in [1.807, 2.05) is 41.5 Å². The molecule has 1 rings (SSSR count). The van der Waals surface area contributed by atoms with Gasteiger partial charge in [0.05, 0.1) is 5.60 Å². The van der Waals surface area contributed by atoms with E-state index in [1.54, 1.807) is 24.3 Å². The molecule has 0 aliphatic heterocycles. The average Bonchev–Trinajstić information content (AvgIpc) is 2.95. The van der Waals surface area contributed by atoms with Gasteiger partial charge in [0.1, 0.15) is 18.7 Å². The van der Waals surface area contributed by atoms with Crippen LogP contribution in [-0.2, 0) is 35.3 Å². The number of hydrogen-bond donors (Lipinski definition) is 6. The quantitative estimate of drug-likeness (QED) is 0.0682. The summed E-state index contributed by atoms with van der Waals surface area (Å²) in [4.78, 5) is 50.7. The maximum absolute atomic E-state index is 13.4. The molecular formula is C32H56N6O6. The summed E-state index contributed by atoms with van der Waals surface area (Å²) in [5.41, 5.74) is 12.1. The van der Waals surface area contributed by atoms with Gasteiger partial charge in [-0.25, -0.2) is 0 Å². The van der Waals surface area contributed by atoms with Gasteiger partial charge < -0.3 is 42.2 Å². The van der Waals surface area contributed by atoms with Crippen LogP contribution >= 0.6 is 0 Å². The lowest BCUT2D eigenvalue weighted by atomic mass is 9.95. The summed E-state index contributed by atoms with van der Waals surface area (Å²) >= 11 is 0. The van der Waals surface area contributed by atoms with Crippen LogP contribution in [0.15, 0.2) is 24.3 Å². The van der Waals surface area contributed by atoms with Gasteiger partial charge in [-0.1, -0.05) is 32.9 Å². The number of esters is 1. The molecule has 1 unspecified atom stereocenters. The number of hydrogen-bond acceptors (Lipinski definition) is 9. The number of carbonyl (C=O) groups is 4. The summed E-state index contributed by atoms with van der Waals surface area (Å²) in [6.45, 7) is 14.4. The predicted octanol–water partition coefficient (Wildman–Crippen LogP) is 2.69. The van der Waals surface area contributed by atoms with Crippen molar-refractivity contribution in [1.82, 2.24) is 16.0 Å². The van der Waals surface area contributed by atoms with Crippen molar-refractivity contribution in [2.45, 2.75) is 117 Å². The summed E-state index contributed by atoms with van der Waals surface area (Å²) in [6, 6.07) is 5.22. The van der Waals surface area contributed by atoms with E-state index >= 15 is 0 Å². The Morgan fingerprint density at radius 2 is 1.64 bits per heavy atom. The highest BCUT2D eigenvalue weighted by molar-refractivity contribution is 5.98. The van der Waals surface area contributed by atoms with Gasteiger partial charge in [-0.15, -0.1) is 0 Å². The Hall–Kier alpha value is -3.06. The maximum atomic E-state index is 13.4. The first-order valence-corrected chi connectivity index (χ1v) is 15.6. The van der Waals surface area contributed by atoms with Gasteiger partial charge in [0, 0.05) is 37.8 Å². The number of nitrogens with one attached hydrogen (secondary N) is 4. The van der Waals surface area contributed by atoms with Gasteiger partial charge in [0.2, 0.25) is 17.7 Å². The summed E-state index contributed by atoms with van der Waals surface area (Å²) in [6.07, 6.45) is 3.06. The molecule has 0 bridgehead atoms. The minimum absolute atomic E-state index is 0.135. The molecule has 8 N–H and O–H groups in total. The number of amides is 3. The minimum Gasteiger partial charge on any atom is -0.461 e. The normalized spacial score (nSPS) is 14.3. The van der Waals surface area contributed by atoms with Gasteiger partial charge in [-0.3, -0.25) is 19.2 Å². The van der Waals surface area contributed by atoms with Crippen LogP contribution in [0.4, 0.5) is 5.69 Å². The Bertz CT molecular complexity index is 1040. The number of carbonyl (C=O) groups excluding carboxylic acids is 4. The molecule has 0 aliphatic rings. The molecule has 250 valence electrons. The van der Waals surface area contributed by atoms with Crippen LogP contribution in [0.3, 0.4) is 0 Å². The Balaban J connectivity index is 2.87. The van der Waals surface area contributed by atoms with Gasteiger partial charge in [0.15, 0.2) is 0 Å². The largest absolute Gasteiger partial charge is 0.461 e. The van der Waals surface area contributed by atoms with E-state index in [0.717, 1.165) is 12.0 Å². The first-order valence-electron chi connectivity index (χ1n) is 15.6. The van der Waals surface area contributed by atoms with Crippen LogP contribution < -0.4 is 32.7 Å². The lowest BCUT2D eigenvalue weighted by Gasteiger charge is -2.31. The van der Waals surface area contributed by atoms with Gasteiger partial charge in [-0.05, 0) is 83.0 Å². The molecule has 0 aliphatic carbocycles. The second kappa shape index (κ2) is 19.4. The van der Waals surface area contributed by atoms with Crippen LogP contribution in [0.2, 0.25) is 0 Å². The van der Waals surface area contributed by atoms with E-state index in [-0.39, 0.29) is 42.3 Å². The molecule has 0 spiro atoms. The highest BCUT2D eigenvalue weighted by atomic mass is 16.5. The summed E-state index contributed by atoms with van der Waals surface area (Å²) in [5, 5.41) is 11.6. The van der Waals surface area contributed by atoms with Gasteiger partial charge in [0.25, 0.3) is 0 Å². The lowest BCUT2D eigenvalue weighted by Crippen LogP contribution is -2.54. The third kappa shape index (κ3) is 16.1. The molecule has 12 heteroatoms. The van der Waals surface area contributed by atoms with Crippen molar-refractivity contribution >= 4 is 29.4 Å². The molecule has 44 heavy (non-hydrogen) atoms. The van der Waals surface area contributed by atoms with E-state index < -0.39 is 23.6 Å². The third-order valence-corrected chi connectivity index (χ3v) is 7.38. The van der Waals surface area contributed by atoms with E-state index in [2.05, 4.69) is 21.3 Å². The second-order valence-corrected chi connectivity index (χ2v) is 12.6. The zero-order valence-corrected chi connectivity index (χ0v) is 27.7. The molecule has 0 aromatic heterocycles. The van der Waals surface area contributed by atoms with Crippen LogP contribution in [0.25, 0.3) is 0 Å². The molecule has 0 saturated carbocycles. The minimum atomic E-state index is -0.843. The van der Waals surface area contributed by atoms with Crippen molar-refractivity contribution in [3.8, 4) is 0 Å². The first-order chi connectivity index (χ1) is 20.6. The molecule has 3 atom stereocenters. The summed E-state index contributed by atoms with van der Waals surface area (Å²) in [7, 11) is 0. The smallest absolute Gasteiger partial charge is 0.302 e. The first kappa shape index (κ1) is 39.0. The third-order valence-electron chi connectivity index (χ3n) is 7.38. The molecule has 0 heterocycles. The fourth-order valence-corrected chi connectivity index (χ4v) is 4.23. The van der Waals surface area contributed by atoms with Crippen LogP contribution in [-0.4, -0.2) is 66.7 Å². The van der Waals surface area contributed by atoms with E-state index in [1.165, 1.54) is 6.92 Å². The van der Waals surface area contributed by atoms with Crippen LogP contribution in [0.1, 0.15) is 92.6 Å². The number of anilines is 1. The second-order valence-electron chi connectivity index (χ2n) is 12.6. The predicted molar refractivity (Wildman–Crippen MR) is 172 cm³/mol. The molecule has 0 radical (unpaired) electrons. The Kier molecular flexibility index (Phi) is 17.1. The fraction of sp³-hybridized carbons (Fsp3) is 0.688. The molecule has 0 fully saturated rings. The van der Waals surface area contributed by atoms with Crippen molar-refractivity contribution in [3.63, 3.8) is 0 Å². The monoisotopic (exact) mass is 620 g/mol. The van der Waals surface area contributed by atoms with Crippen molar-refractivity contribution < 1.29 is 28.7 Å². The average molecular weight is 621 g/mol. The number of rotatable bonds is 21. The van der Waals surface area contributed by atoms with E-state index in [4.69, 9.17) is 20.9 Å². The highest BCUT2D eigenvalue weighted by Crippen LogP contribution is 2.23. The summed E-state index contributed by atoms with van der Waals surface area (Å²) in [5.74, 6) is -1.67. The Morgan fingerprint density at radius 3 is 2.18 bits per heavy atom. The highest BCUT2D eigenvalue weighted by Gasteiger charge is 2.30. The molecule has 1 aromatic carbocycles. The van der Waals surface area contributed by atoms with Crippen molar-refractivity contribution in [2.24, 2.45) is 17.4 Å². The zero-order valence-electron chi connectivity index (χ0n) is 27.7. The molecule has 0 saturated heterocycles. The van der Waals surface area contributed by atoms with Crippen molar-refractivity contribution in [3.05, 3.63) is 29.8 Å². The van der Waals surface area contributed by atoms with Gasteiger partial charge in [-0.2, -0.15) is 0 Å². The number of nitrogens with two attached hydrogens (primary N) is 2. The SMILES string of the molecule is CCC(C)(CCC(=O)N[C@H](C(=O)N[C@@H](CCCNCN)C(=O)Nc1ccc(COC(C)=O)cc1)C(C)C)OCCC(C)(C)N. The molecule has 3 amide bonds. The number of benzene rings is 1. The van der Waals surface area contributed by atoms with Crippen LogP contribution in [0, 0.1) is 5.92 Å². The van der Waals surface area contributed by atoms with Crippen molar-refractivity contribution in [2.75, 3.05) is 25.1 Å². The zero-order chi connectivity index (χ0) is 33.3. The van der Waals surface area contributed by atoms with Gasteiger partial charge >= 0.3 is 5.97 Å². The van der Waals surface area contributed by atoms with Crippen LogP contribution in [0.5, 0.6) is 0 Å². The van der Waals surface area contributed by atoms with Crippen molar-refractivity contribution in [1.29, 1.82) is 0 Å². The standard InChI is InChI=1S/C32H56N6O6/c1-8-32(7,44-19-17-31(5,6)34)16-15-27(40)38-28(22(2)3)30(42)37-26(10-9-18-35-21-33)29(41)36-25-13-11-24(12-14-25)20-43-23(4)39/h11-14,22,26,28,35H,8-10,15-21,33-34H2,1-7H3,(H,36,41)(H,37,42)(H,38,40)/t26-,28-,32?/m0/s1. The number of ether oxygens (including phenoxy) is 2. The topological polar surface area (TPSA) is 187 Å². The van der Waals surface area contributed by atoms with E-state index in [0.29, 0.717) is 51.2 Å². The van der Waals surface area contributed by atoms with E-state index in [9.17, 15) is 19.2 Å². The fourth-order valence-electron chi connectivity index (χ4n) is 4.23.